The Bertz CT molecular complexity index is 643. The highest BCUT2D eigenvalue weighted by Crippen LogP contribution is 2.24. The van der Waals surface area contributed by atoms with Crippen LogP contribution in [0.2, 0.25) is 0 Å². The van der Waals surface area contributed by atoms with Crippen molar-refractivity contribution in [2.24, 2.45) is 0 Å². The van der Waals surface area contributed by atoms with Gasteiger partial charge in [0.15, 0.2) is 0 Å². The first kappa shape index (κ1) is 16.5. The van der Waals surface area contributed by atoms with Gasteiger partial charge in [-0.3, -0.25) is 4.79 Å². The smallest absolute Gasteiger partial charge is 0.340 e. The van der Waals surface area contributed by atoms with Gasteiger partial charge in [0.1, 0.15) is 6.04 Å². The molecule has 0 aliphatic carbocycles. The average Bonchev–Trinajstić information content (AvgIpc) is 2.46. The van der Waals surface area contributed by atoms with Crippen molar-refractivity contribution >= 4 is 21.8 Å². The van der Waals surface area contributed by atoms with E-state index in [1.54, 1.807) is 42.5 Å². The molecular weight excluding hydrogens is 359 g/mol. The zero-order valence-electron chi connectivity index (χ0n) is 11.4. The topological polar surface area (TPSA) is 29.1 Å². The molecule has 0 unspecified atom stereocenters. The number of hydrogen-bond acceptors (Lipinski definition) is 1. The maximum absolute atomic E-state index is 13.2. The maximum Gasteiger partial charge on any atom is 0.408 e. The van der Waals surface area contributed by atoms with Gasteiger partial charge in [-0.2, -0.15) is 13.2 Å². The van der Waals surface area contributed by atoms with Crippen molar-refractivity contribution in [1.29, 1.82) is 0 Å². The lowest BCUT2D eigenvalue weighted by atomic mass is 10.0. The molecule has 22 heavy (non-hydrogen) atoms. The standard InChI is InChI=1S/C16H13BrF3NO/c17-13-8-4-5-11(9-13)10-14(16(18,19)20)21-15(22)12-6-2-1-3-7-12/h1-9,14H,10H2,(H,21,22)/t14-/m0/s1. The molecule has 116 valence electrons. The van der Waals surface area contributed by atoms with E-state index in [1.165, 1.54) is 12.1 Å². The number of alkyl halides is 3. The number of carbonyl (C=O) groups excluding carboxylic acids is 1. The highest BCUT2D eigenvalue weighted by Gasteiger charge is 2.40. The third-order valence-electron chi connectivity index (χ3n) is 3.07. The molecule has 0 aliphatic rings. The van der Waals surface area contributed by atoms with E-state index in [-0.39, 0.29) is 12.0 Å². The molecule has 0 radical (unpaired) electrons. The second-order valence-electron chi connectivity index (χ2n) is 4.77. The molecule has 0 saturated heterocycles. The number of carbonyl (C=O) groups is 1. The van der Waals surface area contributed by atoms with Gasteiger partial charge in [0.25, 0.3) is 5.91 Å². The van der Waals surface area contributed by atoms with Gasteiger partial charge in [-0.15, -0.1) is 0 Å². The van der Waals surface area contributed by atoms with Gasteiger partial charge in [-0.25, -0.2) is 0 Å². The van der Waals surface area contributed by atoms with Crippen LogP contribution >= 0.6 is 15.9 Å². The molecule has 1 atom stereocenters. The van der Waals surface area contributed by atoms with Crippen LogP contribution in [0, 0.1) is 0 Å². The van der Waals surface area contributed by atoms with Gasteiger partial charge in [0.05, 0.1) is 0 Å². The highest BCUT2D eigenvalue weighted by atomic mass is 79.9. The maximum atomic E-state index is 13.2. The van der Waals surface area contributed by atoms with Crippen LogP contribution in [0.5, 0.6) is 0 Å². The molecule has 0 heterocycles. The molecule has 6 heteroatoms. The number of rotatable bonds is 4. The normalized spacial score (nSPS) is 12.7. The van der Waals surface area contributed by atoms with Crippen molar-refractivity contribution < 1.29 is 18.0 Å². The Morgan fingerprint density at radius 1 is 1.09 bits per heavy atom. The minimum Gasteiger partial charge on any atom is -0.340 e. The summed E-state index contributed by atoms with van der Waals surface area (Å²) in [6.45, 7) is 0. The minimum atomic E-state index is -4.52. The molecule has 0 bridgehead atoms. The van der Waals surface area contributed by atoms with Crippen molar-refractivity contribution in [1.82, 2.24) is 5.32 Å². The van der Waals surface area contributed by atoms with E-state index in [2.05, 4.69) is 21.2 Å². The molecule has 2 aromatic rings. The van der Waals surface area contributed by atoms with Crippen LogP contribution in [0.25, 0.3) is 0 Å². The quantitative estimate of drug-likeness (QED) is 0.850. The number of amides is 1. The largest absolute Gasteiger partial charge is 0.408 e. The molecular formula is C16H13BrF3NO. The van der Waals surface area contributed by atoms with Gasteiger partial charge in [0.2, 0.25) is 0 Å². The number of nitrogens with one attached hydrogen (secondary N) is 1. The van der Waals surface area contributed by atoms with Crippen LogP contribution in [0.15, 0.2) is 59.1 Å². The molecule has 2 nitrogen and oxygen atoms in total. The molecule has 2 rings (SSSR count). The van der Waals surface area contributed by atoms with Gasteiger partial charge >= 0.3 is 6.18 Å². The Morgan fingerprint density at radius 3 is 2.36 bits per heavy atom. The summed E-state index contributed by atoms with van der Waals surface area (Å²) in [6, 6.07) is 12.5. The van der Waals surface area contributed by atoms with Crippen molar-refractivity contribution in [3.8, 4) is 0 Å². The Balaban J connectivity index is 2.15. The van der Waals surface area contributed by atoms with Crippen LogP contribution in [0.3, 0.4) is 0 Å². The molecule has 1 amide bonds. The van der Waals surface area contributed by atoms with Gasteiger partial charge in [-0.1, -0.05) is 46.3 Å². The van der Waals surface area contributed by atoms with Gasteiger partial charge in [0, 0.05) is 16.5 Å². The lowest BCUT2D eigenvalue weighted by Gasteiger charge is -2.22. The summed E-state index contributed by atoms with van der Waals surface area (Å²) in [6.07, 6.45) is -4.84. The first-order chi connectivity index (χ1) is 10.4. The lowest BCUT2D eigenvalue weighted by molar-refractivity contribution is -0.153. The first-order valence-electron chi connectivity index (χ1n) is 6.53. The van der Waals surface area contributed by atoms with Crippen LogP contribution in [-0.2, 0) is 6.42 Å². The van der Waals surface area contributed by atoms with Crippen LogP contribution < -0.4 is 5.32 Å². The number of halogens is 4. The van der Waals surface area contributed by atoms with E-state index in [1.807, 2.05) is 0 Å². The second-order valence-corrected chi connectivity index (χ2v) is 5.68. The van der Waals surface area contributed by atoms with E-state index >= 15 is 0 Å². The van der Waals surface area contributed by atoms with Crippen LogP contribution in [0.1, 0.15) is 15.9 Å². The molecule has 0 fully saturated rings. The molecule has 0 saturated carbocycles. The Hall–Kier alpha value is -1.82. The van der Waals surface area contributed by atoms with E-state index < -0.39 is 18.1 Å². The monoisotopic (exact) mass is 371 g/mol. The van der Waals surface area contributed by atoms with Crippen LogP contribution in [0.4, 0.5) is 13.2 Å². The van der Waals surface area contributed by atoms with Crippen molar-refractivity contribution in [3.05, 3.63) is 70.2 Å². The zero-order valence-corrected chi connectivity index (χ0v) is 13.0. The van der Waals surface area contributed by atoms with E-state index in [9.17, 15) is 18.0 Å². The predicted molar refractivity (Wildman–Crippen MR) is 81.6 cm³/mol. The summed E-state index contributed by atoms with van der Waals surface area (Å²) in [5, 5.41) is 2.06. The Morgan fingerprint density at radius 2 is 1.77 bits per heavy atom. The Kier molecular flexibility index (Phi) is 5.24. The highest BCUT2D eigenvalue weighted by molar-refractivity contribution is 9.10. The van der Waals surface area contributed by atoms with Gasteiger partial charge < -0.3 is 5.32 Å². The summed E-state index contributed by atoms with van der Waals surface area (Å²) in [4.78, 5) is 11.9. The van der Waals surface area contributed by atoms with E-state index in [0.717, 1.165) is 0 Å². The molecule has 2 aromatic carbocycles. The fourth-order valence-corrected chi connectivity index (χ4v) is 2.43. The Labute approximate surface area is 134 Å². The molecule has 1 N–H and O–H groups in total. The number of hydrogen-bond donors (Lipinski definition) is 1. The third kappa shape index (κ3) is 4.59. The second kappa shape index (κ2) is 6.96. The molecule has 0 aliphatic heterocycles. The van der Waals surface area contributed by atoms with E-state index in [0.29, 0.717) is 10.0 Å². The first-order valence-corrected chi connectivity index (χ1v) is 7.32. The summed E-state index contributed by atoms with van der Waals surface area (Å²) < 4.78 is 40.2. The summed E-state index contributed by atoms with van der Waals surface area (Å²) in [7, 11) is 0. The van der Waals surface area contributed by atoms with Crippen molar-refractivity contribution in [2.75, 3.05) is 0 Å². The van der Waals surface area contributed by atoms with Gasteiger partial charge in [-0.05, 0) is 29.8 Å². The van der Waals surface area contributed by atoms with Crippen molar-refractivity contribution in [2.45, 2.75) is 18.6 Å². The average molecular weight is 372 g/mol. The predicted octanol–water partition coefficient (Wildman–Crippen LogP) is 4.35. The molecule has 0 spiro atoms. The molecule has 0 aromatic heterocycles. The minimum absolute atomic E-state index is 0.200. The van der Waals surface area contributed by atoms with Crippen molar-refractivity contribution in [3.63, 3.8) is 0 Å². The third-order valence-corrected chi connectivity index (χ3v) is 3.56. The zero-order chi connectivity index (χ0) is 16.2. The number of benzene rings is 2. The summed E-state index contributed by atoms with van der Waals surface area (Å²) in [5.74, 6) is -0.738. The lowest BCUT2D eigenvalue weighted by Crippen LogP contribution is -2.46. The van der Waals surface area contributed by atoms with Crippen LogP contribution in [-0.4, -0.2) is 18.1 Å². The summed E-state index contributed by atoms with van der Waals surface area (Å²) >= 11 is 3.22. The van der Waals surface area contributed by atoms with E-state index in [4.69, 9.17) is 0 Å². The summed E-state index contributed by atoms with van der Waals surface area (Å²) in [5.41, 5.74) is 0.691. The fourth-order valence-electron chi connectivity index (χ4n) is 1.98. The SMILES string of the molecule is O=C(N[C@@H](Cc1cccc(Br)c1)C(F)(F)F)c1ccccc1. The fraction of sp³-hybridized carbons (Fsp3) is 0.188.